The van der Waals surface area contributed by atoms with Crippen LogP contribution >= 0.6 is 0 Å². The Morgan fingerprint density at radius 3 is 2.35 bits per heavy atom. The summed E-state index contributed by atoms with van der Waals surface area (Å²) >= 11 is 0. The molecule has 0 spiro atoms. The number of carbonyl (C=O) groups excluding carboxylic acids is 2. The molecule has 7 heteroatoms. The smallest absolute Gasteiger partial charge is 0.440 e. The minimum atomic E-state index is -1.16. The van der Waals surface area contributed by atoms with E-state index in [0.717, 1.165) is 0 Å². The van der Waals surface area contributed by atoms with Crippen LogP contribution in [0.1, 0.15) is 13.3 Å². The Balaban J connectivity index is 3.74. The molecule has 0 rings (SSSR count). The number of hydrogen-bond acceptors (Lipinski definition) is 5. The predicted molar refractivity (Wildman–Crippen MR) is 56.8 cm³/mol. The fourth-order valence-corrected chi connectivity index (χ4v) is 0.578. The van der Waals surface area contributed by atoms with Crippen molar-refractivity contribution in [2.45, 2.75) is 13.3 Å². The highest BCUT2D eigenvalue weighted by Gasteiger charge is 2.09. The molecular weight excluding hydrogens is 230 g/mol. The minimum absolute atomic E-state index is 0.0167. The Bertz CT molecular complexity index is 360. The Kier molecular flexibility index (Phi) is 6.09. The van der Waals surface area contributed by atoms with Crippen LogP contribution in [0.4, 0.5) is 4.79 Å². The van der Waals surface area contributed by atoms with Crippen molar-refractivity contribution >= 4 is 18.0 Å². The molecule has 0 unspecified atom stereocenters. The number of rotatable bonds is 5. The average molecular weight is 243 g/mol. The summed E-state index contributed by atoms with van der Waals surface area (Å²) in [5.41, 5.74) is 1.75. The Hall–Kier alpha value is -2.31. The van der Waals surface area contributed by atoms with Crippen molar-refractivity contribution in [3.8, 4) is 0 Å². The topological polar surface area (TPSA) is 102 Å². The first-order chi connectivity index (χ1) is 7.84. The van der Waals surface area contributed by atoms with Crippen LogP contribution in [0, 0.1) is 0 Å². The van der Waals surface area contributed by atoms with E-state index in [1.165, 1.54) is 6.92 Å². The van der Waals surface area contributed by atoms with Crippen LogP contribution in [0.25, 0.3) is 0 Å². The zero-order valence-electron chi connectivity index (χ0n) is 9.32. The third-order valence-electron chi connectivity index (χ3n) is 1.51. The molecule has 2 N–H and O–H groups in total. The fourth-order valence-electron chi connectivity index (χ4n) is 0.578. The number of amides is 1. The van der Waals surface area contributed by atoms with Crippen molar-refractivity contribution in [3.63, 3.8) is 0 Å². The van der Waals surface area contributed by atoms with E-state index in [0.29, 0.717) is 0 Å². The maximum atomic E-state index is 10.9. The highest BCUT2D eigenvalue weighted by molar-refractivity contribution is 5.87. The van der Waals surface area contributed by atoms with Gasteiger partial charge < -0.3 is 14.7 Å². The van der Waals surface area contributed by atoms with Gasteiger partial charge in [-0.1, -0.05) is 13.2 Å². The molecule has 0 aromatic carbocycles. The largest absolute Gasteiger partial charge is 0.478 e. The summed E-state index contributed by atoms with van der Waals surface area (Å²) in [6.45, 7) is 7.76. The Labute approximate surface area is 97.7 Å². The first-order valence-electron chi connectivity index (χ1n) is 4.55. The second kappa shape index (κ2) is 7.04. The van der Waals surface area contributed by atoms with E-state index >= 15 is 0 Å². The van der Waals surface area contributed by atoms with Gasteiger partial charge in [-0.2, -0.15) is 0 Å². The monoisotopic (exact) mass is 243 g/mol. The summed E-state index contributed by atoms with van der Waals surface area (Å²) in [5.74, 6) is -1.96. The average Bonchev–Trinajstić information content (AvgIpc) is 2.25. The molecule has 0 aliphatic carbocycles. The first-order valence-corrected chi connectivity index (χ1v) is 4.55. The van der Waals surface area contributed by atoms with Gasteiger partial charge in [-0.05, 0) is 6.92 Å². The lowest BCUT2D eigenvalue weighted by atomic mass is 10.2. The van der Waals surface area contributed by atoms with Crippen molar-refractivity contribution < 1.29 is 29.1 Å². The minimum Gasteiger partial charge on any atom is -0.478 e. The zero-order chi connectivity index (χ0) is 13.4. The quantitative estimate of drug-likeness (QED) is 0.546. The van der Waals surface area contributed by atoms with E-state index in [1.807, 2.05) is 0 Å². The standard InChI is InChI=1S/C10H13NO6/c1-6(2)9(14)17-11-10(15)16-5-4-7(3)8(12)13/h1,3-5H2,2H3,(H,11,15)(H,12,13). The molecule has 17 heavy (non-hydrogen) atoms. The van der Waals surface area contributed by atoms with Crippen LogP contribution in [0.5, 0.6) is 0 Å². The van der Waals surface area contributed by atoms with E-state index < -0.39 is 18.0 Å². The van der Waals surface area contributed by atoms with E-state index in [9.17, 15) is 14.4 Å². The summed E-state index contributed by atoms with van der Waals surface area (Å²) in [7, 11) is 0. The van der Waals surface area contributed by atoms with Gasteiger partial charge in [-0.15, -0.1) is 5.48 Å². The molecule has 1 amide bonds. The molecule has 0 aromatic heterocycles. The van der Waals surface area contributed by atoms with Gasteiger partial charge in [0.2, 0.25) is 0 Å². The van der Waals surface area contributed by atoms with Crippen molar-refractivity contribution in [1.82, 2.24) is 5.48 Å². The van der Waals surface area contributed by atoms with Crippen LogP contribution in [0.15, 0.2) is 24.3 Å². The maximum absolute atomic E-state index is 10.9. The van der Waals surface area contributed by atoms with Crippen LogP contribution in [-0.4, -0.2) is 29.7 Å². The lowest BCUT2D eigenvalue weighted by molar-refractivity contribution is -0.144. The summed E-state index contributed by atoms with van der Waals surface area (Å²) in [6, 6.07) is 0. The van der Waals surface area contributed by atoms with E-state index in [2.05, 4.69) is 22.7 Å². The number of hydroxylamine groups is 1. The normalized spacial score (nSPS) is 9.00. The molecule has 0 fully saturated rings. The number of carboxylic acid groups (broad SMARTS) is 1. The molecule has 94 valence electrons. The van der Waals surface area contributed by atoms with Gasteiger partial charge in [-0.3, -0.25) is 0 Å². The molecule has 0 aromatic rings. The molecule has 7 nitrogen and oxygen atoms in total. The second-order valence-corrected chi connectivity index (χ2v) is 3.07. The lowest BCUT2D eigenvalue weighted by Crippen LogP contribution is -2.28. The molecule has 0 saturated carbocycles. The second-order valence-electron chi connectivity index (χ2n) is 3.07. The van der Waals surface area contributed by atoms with Crippen molar-refractivity contribution in [2.24, 2.45) is 0 Å². The molecule has 0 heterocycles. The highest BCUT2D eigenvalue weighted by atomic mass is 16.7. The van der Waals surface area contributed by atoms with Gasteiger partial charge in [-0.25, -0.2) is 14.4 Å². The van der Waals surface area contributed by atoms with Crippen LogP contribution in [-0.2, 0) is 19.2 Å². The molecule has 0 saturated heterocycles. The van der Waals surface area contributed by atoms with E-state index in [1.54, 1.807) is 5.48 Å². The summed E-state index contributed by atoms with van der Waals surface area (Å²) < 4.78 is 4.51. The van der Waals surface area contributed by atoms with Crippen LogP contribution < -0.4 is 5.48 Å². The van der Waals surface area contributed by atoms with Gasteiger partial charge >= 0.3 is 18.0 Å². The summed E-state index contributed by atoms with van der Waals surface area (Å²) in [6.07, 6.45) is -1.02. The molecular formula is C10H13NO6. The summed E-state index contributed by atoms with van der Waals surface area (Å²) in [4.78, 5) is 36.3. The highest BCUT2D eigenvalue weighted by Crippen LogP contribution is 1.98. The van der Waals surface area contributed by atoms with Gasteiger partial charge in [0.05, 0.1) is 6.61 Å². The third kappa shape index (κ3) is 6.72. The molecule has 0 bridgehead atoms. The summed E-state index contributed by atoms with van der Waals surface area (Å²) in [5, 5.41) is 8.45. The van der Waals surface area contributed by atoms with Gasteiger partial charge in [0.15, 0.2) is 0 Å². The van der Waals surface area contributed by atoms with Crippen molar-refractivity contribution in [3.05, 3.63) is 24.3 Å². The molecule has 0 radical (unpaired) electrons. The lowest BCUT2D eigenvalue weighted by Gasteiger charge is -2.06. The number of aliphatic carboxylic acids is 1. The predicted octanol–water partition coefficient (Wildman–Crippen LogP) is 0.778. The van der Waals surface area contributed by atoms with E-state index in [-0.39, 0.29) is 24.2 Å². The van der Waals surface area contributed by atoms with Crippen molar-refractivity contribution in [1.29, 1.82) is 0 Å². The van der Waals surface area contributed by atoms with Crippen molar-refractivity contribution in [2.75, 3.05) is 6.61 Å². The van der Waals surface area contributed by atoms with Gasteiger partial charge in [0.25, 0.3) is 0 Å². The zero-order valence-corrected chi connectivity index (χ0v) is 9.32. The van der Waals surface area contributed by atoms with E-state index in [4.69, 9.17) is 5.11 Å². The molecule has 0 aliphatic heterocycles. The van der Waals surface area contributed by atoms with Crippen LogP contribution in [0.2, 0.25) is 0 Å². The van der Waals surface area contributed by atoms with Crippen LogP contribution in [0.3, 0.4) is 0 Å². The number of ether oxygens (including phenoxy) is 1. The number of carboxylic acids is 1. The number of carbonyl (C=O) groups is 3. The number of hydrogen-bond donors (Lipinski definition) is 2. The Morgan fingerprint density at radius 2 is 1.88 bits per heavy atom. The Morgan fingerprint density at radius 1 is 1.29 bits per heavy atom. The fraction of sp³-hybridized carbons (Fsp3) is 0.300. The first kappa shape index (κ1) is 14.7. The van der Waals surface area contributed by atoms with Gasteiger partial charge in [0, 0.05) is 17.6 Å². The third-order valence-corrected chi connectivity index (χ3v) is 1.51. The SMILES string of the molecule is C=C(C)C(=O)ONC(=O)OCCC(=C)C(=O)O. The van der Waals surface area contributed by atoms with Gasteiger partial charge in [0.1, 0.15) is 0 Å². The molecule has 0 atom stereocenters. The number of nitrogens with one attached hydrogen (secondary N) is 1. The maximum Gasteiger partial charge on any atom is 0.440 e. The molecule has 0 aliphatic rings.